The first-order valence-electron chi connectivity index (χ1n) is 10.9. The van der Waals surface area contributed by atoms with Gasteiger partial charge in [0.1, 0.15) is 5.82 Å². The number of amides is 2. The van der Waals surface area contributed by atoms with Gasteiger partial charge in [-0.05, 0) is 50.7 Å². The molecule has 0 unspecified atom stereocenters. The summed E-state index contributed by atoms with van der Waals surface area (Å²) in [4.78, 5) is 41.0. The van der Waals surface area contributed by atoms with Crippen LogP contribution in [-0.4, -0.2) is 60.4 Å². The zero-order valence-corrected chi connectivity index (χ0v) is 17.7. The van der Waals surface area contributed by atoms with Gasteiger partial charge in [-0.15, -0.1) is 0 Å². The minimum atomic E-state index is -0.934. The molecule has 1 atom stereocenters. The van der Waals surface area contributed by atoms with Gasteiger partial charge in [-0.1, -0.05) is 18.2 Å². The fourth-order valence-electron chi connectivity index (χ4n) is 4.54. The van der Waals surface area contributed by atoms with Crippen LogP contribution >= 0.6 is 0 Å². The molecule has 2 heterocycles. The highest BCUT2D eigenvalue weighted by Crippen LogP contribution is 2.36. The first kappa shape index (κ1) is 22.2. The van der Waals surface area contributed by atoms with E-state index in [-0.39, 0.29) is 43.2 Å². The molecule has 6 nitrogen and oxygen atoms in total. The molecule has 3 rings (SSSR count). The highest BCUT2D eigenvalue weighted by molar-refractivity contribution is 5.81. The molecule has 30 heavy (non-hydrogen) atoms. The van der Waals surface area contributed by atoms with Crippen molar-refractivity contribution < 1.29 is 23.5 Å². The van der Waals surface area contributed by atoms with Crippen molar-refractivity contribution in [1.82, 2.24) is 9.80 Å². The van der Waals surface area contributed by atoms with Gasteiger partial charge < -0.3 is 14.5 Å². The molecule has 0 radical (unpaired) electrons. The van der Waals surface area contributed by atoms with Gasteiger partial charge in [-0.2, -0.15) is 0 Å². The maximum absolute atomic E-state index is 14.3. The minimum absolute atomic E-state index is 0.0245. The molecule has 2 fully saturated rings. The SMILES string of the molecule is CCOC(=O)[C@@]1(Cc2ccccc2F)CCCN(C(=O)CCCN2CCCC2=O)C1. The van der Waals surface area contributed by atoms with Gasteiger partial charge in [0, 0.05) is 39.0 Å². The van der Waals surface area contributed by atoms with E-state index in [4.69, 9.17) is 4.74 Å². The van der Waals surface area contributed by atoms with Crippen molar-refractivity contribution in [3.63, 3.8) is 0 Å². The van der Waals surface area contributed by atoms with Crippen LogP contribution in [0.1, 0.15) is 51.0 Å². The average Bonchev–Trinajstić information content (AvgIpc) is 3.15. The third-order valence-electron chi connectivity index (χ3n) is 6.11. The third-order valence-corrected chi connectivity index (χ3v) is 6.11. The number of benzene rings is 1. The molecule has 1 aromatic carbocycles. The van der Waals surface area contributed by atoms with E-state index < -0.39 is 5.41 Å². The summed E-state index contributed by atoms with van der Waals surface area (Å²) in [6, 6.07) is 6.45. The number of likely N-dealkylation sites (tertiary alicyclic amines) is 2. The Labute approximate surface area is 177 Å². The van der Waals surface area contributed by atoms with E-state index in [9.17, 15) is 18.8 Å². The monoisotopic (exact) mass is 418 g/mol. The molecule has 0 aromatic heterocycles. The second-order valence-electron chi connectivity index (χ2n) is 8.28. The summed E-state index contributed by atoms with van der Waals surface area (Å²) < 4.78 is 19.6. The average molecular weight is 419 g/mol. The molecule has 164 valence electrons. The van der Waals surface area contributed by atoms with Crippen molar-refractivity contribution >= 4 is 17.8 Å². The Kier molecular flexibility index (Phi) is 7.45. The molecule has 2 aliphatic heterocycles. The van der Waals surface area contributed by atoms with E-state index in [1.807, 2.05) is 4.90 Å². The number of nitrogens with zero attached hydrogens (tertiary/aromatic N) is 2. The molecule has 2 saturated heterocycles. The Hall–Kier alpha value is -2.44. The molecular formula is C23H31FN2O4. The Bertz CT molecular complexity index is 784. The zero-order valence-electron chi connectivity index (χ0n) is 17.7. The second-order valence-corrected chi connectivity index (χ2v) is 8.28. The van der Waals surface area contributed by atoms with Crippen molar-refractivity contribution in [3.05, 3.63) is 35.6 Å². The zero-order chi connectivity index (χ0) is 21.6. The van der Waals surface area contributed by atoms with Crippen molar-refractivity contribution in [2.75, 3.05) is 32.8 Å². The molecule has 0 bridgehead atoms. The number of hydrogen-bond donors (Lipinski definition) is 0. The summed E-state index contributed by atoms with van der Waals surface area (Å²) in [5.41, 5.74) is -0.468. The number of carbonyl (C=O) groups excluding carboxylic acids is 3. The molecular weight excluding hydrogens is 387 g/mol. The summed E-state index contributed by atoms with van der Waals surface area (Å²) in [5, 5.41) is 0. The van der Waals surface area contributed by atoms with Gasteiger partial charge >= 0.3 is 5.97 Å². The molecule has 2 amide bonds. The molecule has 2 aliphatic rings. The van der Waals surface area contributed by atoms with Gasteiger partial charge in [0.15, 0.2) is 0 Å². The topological polar surface area (TPSA) is 66.9 Å². The number of carbonyl (C=O) groups is 3. The van der Waals surface area contributed by atoms with E-state index in [0.717, 1.165) is 13.0 Å². The number of piperidine rings is 1. The smallest absolute Gasteiger partial charge is 0.314 e. The van der Waals surface area contributed by atoms with Crippen LogP contribution in [0.3, 0.4) is 0 Å². The number of rotatable bonds is 8. The third kappa shape index (κ3) is 5.18. The van der Waals surface area contributed by atoms with Gasteiger partial charge in [-0.3, -0.25) is 14.4 Å². The summed E-state index contributed by atoms with van der Waals surface area (Å²) in [7, 11) is 0. The summed E-state index contributed by atoms with van der Waals surface area (Å²) in [5.74, 6) is -0.580. The summed E-state index contributed by atoms with van der Waals surface area (Å²) in [6.07, 6.45) is 3.87. The van der Waals surface area contributed by atoms with Crippen LogP contribution in [0.2, 0.25) is 0 Å². The fourth-order valence-corrected chi connectivity index (χ4v) is 4.54. The first-order chi connectivity index (χ1) is 14.4. The second kappa shape index (κ2) is 10.0. The highest BCUT2D eigenvalue weighted by Gasteiger charge is 2.45. The van der Waals surface area contributed by atoms with Gasteiger partial charge in [0.05, 0.1) is 12.0 Å². The fraction of sp³-hybridized carbons (Fsp3) is 0.609. The van der Waals surface area contributed by atoms with Crippen LogP contribution in [0.4, 0.5) is 4.39 Å². The molecule has 1 aromatic rings. The Morgan fingerprint density at radius 1 is 1.20 bits per heavy atom. The Morgan fingerprint density at radius 2 is 2.00 bits per heavy atom. The number of hydrogen-bond acceptors (Lipinski definition) is 4. The maximum Gasteiger partial charge on any atom is 0.314 e. The van der Waals surface area contributed by atoms with Crippen LogP contribution in [0.15, 0.2) is 24.3 Å². The van der Waals surface area contributed by atoms with E-state index in [1.54, 1.807) is 30.0 Å². The maximum atomic E-state index is 14.3. The number of ether oxygens (including phenoxy) is 1. The standard InChI is InChI=1S/C23H31FN2O4/c1-2-30-22(29)23(16-18-8-3-4-9-19(18)24)12-7-15-26(17-23)21(28)11-6-14-25-13-5-10-20(25)27/h3-4,8-9H,2,5-7,10-17H2,1H3/t23-/m1/s1. The van der Waals surface area contributed by atoms with Crippen LogP contribution in [-0.2, 0) is 25.5 Å². The first-order valence-corrected chi connectivity index (χ1v) is 10.9. The molecule has 0 aliphatic carbocycles. The Morgan fingerprint density at radius 3 is 2.70 bits per heavy atom. The molecule has 0 N–H and O–H groups in total. The lowest BCUT2D eigenvalue weighted by Gasteiger charge is -2.41. The summed E-state index contributed by atoms with van der Waals surface area (Å²) >= 11 is 0. The number of esters is 1. The van der Waals surface area contributed by atoms with Crippen LogP contribution in [0.25, 0.3) is 0 Å². The highest BCUT2D eigenvalue weighted by atomic mass is 19.1. The lowest BCUT2D eigenvalue weighted by Crippen LogP contribution is -2.51. The minimum Gasteiger partial charge on any atom is -0.466 e. The Balaban J connectivity index is 1.66. The summed E-state index contributed by atoms with van der Waals surface area (Å²) in [6.45, 7) is 4.18. The van der Waals surface area contributed by atoms with E-state index in [0.29, 0.717) is 50.8 Å². The quantitative estimate of drug-likeness (QED) is 0.609. The largest absolute Gasteiger partial charge is 0.466 e. The molecule has 7 heteroatoms. The van der Waals surface area contributed by atoms with Crippen LogP contribution < -0.4 is 0 Å². The van der Waals surface area contributed by atoms with E-state index in [2.05, 4.69) is 0 Å². The lowest BCUT2D eigenvalue weighted by atomic mass is 9.74. The molecule has 0 saturated carbocycles. The molecule has 0 spiro atoms. The van der Waals surface area contributed by atoms with E-state index >= 15 is 0 Å². The predicted molar refractivity (Wildman–Crippen MR) is 110 cm³/mol. The van der Waals surface area contributed by atoms with Crippen LogP contribution in [0.5, 0.6) is 0 Å². The number of halogens is 1. The van der Waals surface area contributed by atoms with Crippen molar-refractivity contribution in [3.8, 4) is 0 Å². The predicted octanol–water partition coefficient (Wildman–Crippen LogP) is 2.94. The van der Waals surface area contributed by atoms with Gasteiger partial charge in [0.2, 0.25) is 11.8 Å². The van der Waals surface area contributed by atoms with Gasteiger partial charge in [-0.25, -0.2) is 4.39 Å². The van der Waals surface area contributed by atoms with Crippen LogP contribution in [0, 0.1) is 11.2 Å². The van der Waals surface area contributed by atoms with Crippen molar-refractivity contribution in [2.45, 2.75) is 51.9 Å². The van der Waals surface area contributed by atoms with Gasteiger partial charge in [0.25, 0.3) is 0 Å². The van der Waals surface area contributed by atoms with Crippen molar-refractivity contribution in [1.29, 1.82) is 0 Å². The lowest BCUT2D eigenvalue weighted by molar-refractivity contribution is -0.161. The van der Waals surface area contributed by atoms with E-state index in [1.165, 1.54) is 6.07 Å². The normalized spacial score (nSPS) is 21.7. The van der Waals surface area contributed by atoms with Crippen molar-refractivity contribution in [2.24, 2.45) is 5.41 Å².